The Morgan fingerprint density at radius 3 is 2.44 bits per heavy atom. The number of hydrogen-bond acceptors (Lipinski definition) is 4. The van der Waals surface area contributed by atoms with E-state index in [-0.39, 0.29) is 47.2 Å². The van der Waals surface area contributed by atoms with E-state index in [9.17, 15) is 31.5 Å². The molecule has 0 atom stereocenters. The van der Waals surface area contributed by atoms with E-state index in [1.807, 2.05) is 0 Å². The highest BCUT2D eigenvalue weighted by Gasteiger charge is 2.41. The first-order valence-electron chi connectivity index (χ1n) is 9.69. The Bertz CT molecular complexity index is 994. The third-order valence-electron chi connectivity index (χ3n) is 5.03. The molecule has 2 aromatic carbocycles. The van der Waals surface area contributed by atoms with Gasteiger partial charge in [0.05, 0.1) is 0 Å². The molecule has 1 aliphatic heterocycles. The molecule has 5 nitrogen and oxygen atoms in total. The van der Waals surface area contributed by atoms with Gasteiger partial charge in [-0.05, 0) is 62.0 Å². The van der Waals surface area contributed by atoms with Gasteiger partial charge in [-0.15, -0.1) is 0 Å². The van der Waals surface area contributed by atoms with Crippen LogP contribution in [0.25, 0.3) is 0 Å². The summed E-state index contributed by atoms with van der Waals surface area (Å²) in [6, 6.07) is 8.01. The Kier molecular flexibility index (Phi) is 7.40. The number of rotatable bonds is 6. The molecule has 1 heterocycles. The van der Waals surface area contributed by atoms with Gasteiger partial charge in [0.2, 0.25) is 5.91 Å². The van der Waals surface area contributed by atoms with Crippen LogP contribution in [0.4, 0.5) is 22.0 Å². The van der Waals surface area contributed by atoms with Gasteiger partial charge < -0.3 is 16.0 Å². The molecule has 0 aliphatic carbocycles. The van der Waals surface area contributed by atoms with Crippen LogP contribution < -0.4 is 16.0 Å². The molecule has 32 heavy (non-hydrogen) atoms. The minimum atomic E-state index is -4.50. The fourth-order valence-electron chi connectivity index (χ4n) is 3.40. The molecule has 0 bridgehead atoms. The van der Waals surface area contributed by atoms with E-state index >= 15 is 0 Å². The fraction of sp³-hybridized carbons (Fsp3) is 0.333. The summed E-state index contributed by atoms with van der Waals surface area (Å²) in [6.45, 7) is 0.624. The van der Waals surface area contributed by atoms with Crippen LogP contribution in [0.3, 0.4) is 0 Å². The highest BCUT2D eigenvalue weighted by molar-refractivity contribution is 8.00. The van der Waals surface area contributed by atoms with Crippen LogP contribution in [0.1, 0.15) is 28.8 Å². The molecular formula is C21H20F5N3O2S. The van der Waals surface area contributed by atoms with Crippen molar-refractivity contribution in [2.45, 2.75) is 35.3 Å². The molecule has 0 unspecified atom stereocenters. The maximum absolute atomic E-state index is 13.9. The van der Waals surface area contributed by atoms with Gasteiger partial charge in [-0.25, -0.2) is 8.78 Å². The van der Waals surface area contributed by atoms with Gasteiger partial charge in [0.25, 0.3) is 5.91 Å². The van der Waals surface area contributed by atoms with Crippen LogP contribution in [0, 0.1) is 11.6 Å². The smallest absolute Gasteiger partial charge is 0.350 e. The zero-order chi connectivity index (χ0) is 23.4. The lowest BCUT2D eigenvalue weighted by molar-refractivity contribution is -0.128. The van der Waals surface area contributed by atoms with E-state index in [2.05, 4.69) is 16.0 Å². The van der Waals surface area contributed by atoms with Crippen molar-refractivity contribution in [2.24, 2.45) is 0 Å². The SMILES string of the molecule is O=C(NC1(C(=O)NCc2ccc(F)cc2F)CCNCC1)c1cccc(SC(F)(F)F)c1. The van der Waals surface area contributed by atoms with Crippen LogP contribution in [0.15, 0.2) is 47.4 Å². The number of carbonyl (C=O) groups excluding carboxylic acids is 2. The third-order valence-corrected chi connectivity index (χ3v) is 5.75. The van der Waals surface area contributed by atoms with Gasteiger partial charge in [-0.2, -0.15) is 13.2 Å². The van der Waals surface area contributed by atoms with Gasteiger partial charge in [0.1, 0.15) is 17.2 Å². The number of amides is 2. The summed E-state index contributed by atoms with van der Waals surface area (Å²) < 4.78 is 64.9. The first-order chi connectivity index (χ1) is 15.1. The average molecular weight is 473 g/mol. The number of nitrogens with one attached hydrogen (secondary N) is 3. The number of piperidine rings is 1. The number of halogens is 5. The lowest BCUT2D eigenvalue weighted by Crippen LogP contribution is -2.62. The maximum Gasteiger partial charge on any atom is 0.446 e. The van der Waals surface area contributed by atoms with Crippen molar-refractivity contribution >= 4 is 23.6 Å². The minimum absolute atomic E-state index is 0.0189. The Morgan fingerprint density at radius 2 is 1.78 bits per heavy atom. The van der Waals surface area contributed by atoms with Crippen molar-refractivity contribution in [3.8, 4) is 0 Å². The van der Waals surface area contributed by atoms with Gasteiger partial charge >= 0.3 is 5.51 Å². The summed E-state index contributed by atoms with van der Waals surface area (Å²) in [4.78, 5) is 25.6. The fourth-order valence-corrected chi connectivity index (χ4v) is 4.00. The second kappa shape index (κ2) is 9.86. The zero-order valence-electron chi connectivity index (χ0n) is 16.7. The lowest BCUT2D eigenvalue weighted by Gasteiger charge is -2.37. The van der Waals surface area contributed by atoms with E-state index in [1.54, 1.807) is 0 Å². The monoisotopic (exact) mass is 473 g/mol. The molecule has 1 fully saturated rings. The minimum Gasteiger partial charge on any atom is -0.350 e. The summed E-state index contributed by atoms with van der Waals surface area (Å²) in [5.74, 6) is -2.81. The molecule has 2 aromatic rings. The largest absolute Gasteiger partial charge is 0.446 e. The van der Waals surface area contributed by atoms with E-state index in [0.29, 0.717) is 19.2 Å². The first-order valence-corrected chi connectivity index (χ1v) is 10.5. The standard InChI is InChI=1S/C21H20F5N3O2S/c22-15-5-4-14(17(23)11-15)12-28-19(31)20(6-8-27-9-7-20)29-18(30)13-2-1-3-16(10-13)32-21(24,25)26/h1-5,10-11,27H,6-9,12H2,(H,28,31)(H,29,30). The topological polar surface area (TPSA) is 70.2 Å². The molecule has 3 rings (SSSR count). The Morgan fingerprint density at radius 1 is 1.06 bits per heavy atom. The van der Waals surface area contributed by atoms with E-state index in [1.165, 1.54) is 24.3 Å². The molecule has 0 spiro atoms. The molecule has 0 aromatic heterocycles. The molecule has 1 saturated heterocycles. The molecule has 2 amide bonds. The highest BCUT2D eigenvalue weighted by atomic mass is 32.2. The number of thioether (sulfide) groups is 1. The van der Waals surface area contributed by atoms with Crippen molar-refractivity contribution in [1.29, 1.82) is 0 Å². The molecule has 3 N–H and O–H groups in total. The summed E-state index contributed by atoms with van der Waals surface area (Å²) in [5.41, 5.74) is -5.77. The summed E-state index contributed by atoms with van der Waals surface area (Å²) in [6.07, 6.45) is 0.459. The molecule has 1 aliphatic rings. The molecule has 0 radical (unpaired) electrons. The molecule has 0 saturated carbocycles. The first kappa shape index (κ1) is 24.0. The predicted octanol–water partition coefficient (Wildman–Crippen LogP) is 3.75. The summed E-state index contributed by atoms with van der Waals surface area (Å²) in [5, 5.41) is 8.31. The maximum atomic E-state index is 13.9. The molecule has 172 valence electrons. The quantitative estimate of drug-likeness (QED) is 0.442. The van der Waals surface area contributed by atoms with Crippen LogP contribution in [-0.2, 0) is 11.3 Å². The number of hydrogen-bond donors (Lipinski definition) is 3. The lowest BCUT2D eigenvalue weighted by atomic mass is 9.86. The Balaban J connectivity index is 1.74. The van der Waals surface area contributed by atoms with Gasteiger partial charge in [-0.1, -0.05) is 12.1 Å². The average Bonchev–Trinajstić information content (AvgIpc) is 2.72. The van der Waals surface area contributed by atoms with Crippen molar-refractivity contribution in [2.75, 3.05) is 13.1 Å². The number of carbonyl (C=O) groups is 2. The van der Waals surface area contributed by atoms with E-state index in [0.717, 1.165) is 12.1 Å². The van der Waals surface area contributed by atoms with Gasteiger partial charge in [-0.3, -0.25) is 9.59 Å². The highest BCUT2D eigenvalue weighted by Crippen LogP contribution is 2.37. The number of alkyl halides is 3. The van der Waals surface area contributed by atoms with Crippen LogP contribution in [0.5, 0.6) is 0 Å². The van der Waals surface area contributed by atoms with E-state index < -0.39 is 34.5 Å². The summed E-state index contributed by atoms with van der Waals surface area (Å²) in [7, 11) is 0. The van der Waals surface area contributed by atoms with Crippen molar-refractivity contribution in [3.63, 3.8) is 0 Å². The van der Waals surface area contributed by atoms with Crippen LogP contribution >= 0.6 is 11.8 Å². The number of benzene rings is 2. The third kappa shape index (κ3) is 6.19. The Hall–Kier alpha value is -2.66. The van der Waals surface area contributed by atoms with E-state index in [4.69, 9.17) is 0 Å². The van der Waals surface area contributed by atoms with Crippen LogP contribution in [0.2, 0.25) is 0 Å². The zero-order valence-corrected chi connectivity index (χ0v) is 17.5. The Labute approximate surface area is 185 Å². The van der Waals surface area contributed by atoms with Gasteiger partial charge in [0.15, 0.2) is 0 Å². The second-order valence-electron chi connectivity index (χ2n) is 7.28. The summed E-state index contributed by atoms with van der Waals surface area (Å²) >= 11 is -0.340. The molecular weight excluding hydrogens is 453 g/mol. The van der Waals surface area contributed by atoms with Crippen LogP contribution in [-0.4, -0.2) is 36.0 Å². The molecule has 11 heteroatoms. The normalized spacial score (nSPS) is 15.8. The second-order valence-corrected chi connectivity index (χ2v) is 8.42. The predicted molar refractivity (Wildman–Crippen MR) is 109 cm³/mol. The van der Waals surface area contributed by atoms with Crippen molar-refractivity contribution in [1.82, 2.24) is 16.0 Å². The van der Waals surface area contributed by atoms with Gasteiger partial charge in [0, 0.05) is 28.6 Å². The van der Waals surface area contributed by atoms with Crippen molar-refractivity contribution in [3.05, 3.63) is 65.2 Å². The van der Waals surface area contributed by atoms with Crippen molar-refractivity contribution < 1.29 is 31.5 Å².